The molecule has 0 fully saturated rings. The summed E-state index contributed by atoms with van der Waals surface area (Å²) in [6.45, 7) is 0.566. The van der Waals surface area contributed by atoms with Crippen LogP contribution in [0, 0.1) is 0 Å². The lowest BCUT2D eigenvalue weighted by Crippen LogP contribution is -2.27. The molecule has 2 nitrogen and oxygen atoms in total. The minimum absolute atomic E-state index is 0.229. The summed E-state index contributed by atoms with van der Waals surface area (Å²) in [7, 11) is 0. The van der Waals surface area contributed by atoms with Crippen molar-refractivity contribution in [2.24, 2.45) is 11.5 Å². The third kappa shape index (κ3) is 7.78. The van der Waals surface area contributed by atoms with Gasteiger partial charge in [-0.15, -0.1) is 0 Å². The smallest absolute Gasteiger partial charge is 0.300 e. The zero-order chi connectivity index (χ0) is 8.04. The van der Waals surface area contributed by atoms with Crippen LogP contribution in [0.15, 0.2) is 0 Å². The molecule has 0 aliphatic heterocycles. The zero-order valence-corrected chi connectivity index (χ0v) is 5.95. The second kappa shape index (κ2) is 4.57. The molecule has 0 amide bonds. The summed E-state index contributed by atoms with van der Waals surface area (Å²) in [5.74, 6) is 0. The molecule has 0 aromatic heterocycles. The molecule has 0 rings (SSSR count). The largest absolute Gasteiger partial charge is 0.330 e. The average Bonchev–Trinajstić information content (AvgIpc) is 1.78. The van der Waals surface area contributed by atoms with Crippen molar-refractivity contribution < 1.29 is 8.78 Å². The number of halogens is 2. The maximum absolute atomic E-state index is 11.9. The summed E-state index contributed by atoms with van der Waals surface area (Å²) in [6, 6.07) is -2.99. The molecule has 0 aliphatic rings. The predicted octanol–water partition coefficient (Wildman–Crippen LogP) is 1.06. The Kier molecular flexibility index (Phi) is 4.47. The second-order valence-electron chi connectivity index (χ2n) is 2.36. The fourth-order valence-corrected chi connectivity index (χ4v) is 0.682. The Balaban J connectivity index is 3.04. The molecule has 0 aliphatic carbocycles. The molecule has 0 spiro atoms. The minimum atomic E-state index is -2.99. The van der Waals surface area contributed by atoms with Crippen molar-refractivity contribution in [1.82, 2.24) is 0 Å². The molecule has 0 radical (unpaired) electrons. The molecule has 0 saturated heterocycles. The first-order valence-electron chi connectivity index (χ1n) is 3.43. The third-order valence-electron chi connectivity index (χ3n) is 1.21. The predicted molar refractivity (Wildman–Crippen MR) is 36.7 cm³/mol. The van der Waals surface area contributed by atoms with Crippen molar-refractivity contribution in [2.75, 3.05) is 6.54 Å². The summed E-state index contributed by atoms with van der Waals surface area (Å²) in [5, 5.41) is 0. The lowest BCUT2D eigenvalue weighted by molar-refractivity contribution is -0.00311. The van der Waals surface area contributed by atoms with Gasteiger partial charge >= 0.3 is 0 Å². The van der Waals surface area contributed by atoms with E-state index in [0.29, 0.717) is 13.0 Å². The van der Waals surface area contributed by atoms with Crippen molar-refractivity contribution in [2.45, 2.75) is 31.7 Å². The summed E-state index contributed by atoms with van der Waals surface area (Å²) < 4.78 is 23.8. The first-order chi connectivity index (χ1) is 4.56. The van der Waals surface area contributed by atoms with E-state index in [4.69, 9.17) is 5.73 Å². The van der Waals surface area contributed by atoms with Gasteiger partial charge in [-0.1, -0.05) is 6.42 Å². The third-order valence-corrected chi connectivity index (χ3v) is 1.21. The summed E-state index contributed by atoms with van der Waals surface area (Å²) >= 11 is 0. The highest BCUT2D eigenvalue weighted by molar-refractivity contribution is 4.55. The van der Waals surface area contributed by atoms with Crippen LogP contribution in [0.4, 0.5) is 8.78 Å². The van der Waals surface area contributed by atoms with E-state index in [0.717, 1.165) is 12.8 Å². The first kappa shape index (κ1) is 9.78. The Bertz CT molecular complexity index is 80.3. The van der Waals surface area contributed by atoms with E-state index < -0.39 is 6.05 Å². The van der Waals surface area contributed by atoms with Gasteiger partial charge in [-0.05, 0) is 19.4 Å². The van der Waals surface area contributed by atoms with Crippen LogP contribution in [-0.2, 0) is 0 Å². The van der Waals surface area contributed by atoms with Gasteiger partial charge in [-0.2, -0.15) is 8.78 Å². The fourth-order valence-electron chi connectivity index (χ4n) is 0.682. The van der Waals surface area contributed by atoms with Gasteiger partial charge in [-0.25, -0.2) is 0 Å². The molecule has 0 aromatic carbocycles. The van der Waals surface area contributed by atoms with Crippen molar-refractivity contribution in [1.29, 1.82) is 0 Å². The van der Waals surface area contributed by atoms with Crippen LogP contribution < -0.4 is 11.5 Å². The van der Waals surface area contributed by atoms with Gasteiger partial charge in [0.15, 0.2) is 0 Å². The Labute approximate surface area is 59.6 Å². The molecule has 0 bridgehead atoms. The normalized spacial score (nSPS) is 12.0. The van der Waals surface area contributed by atoms with Gasteiger partial charge in [0.25, 0.3) is 6.05 Å². The molecule has 4 heteroatoms. The summed E-state index contributed by atoms with van der Waals surface area (Å²) in [5.41, 5.74) is 9.61. The van der Waals surface area contributed by atoms with Gasteiger partial charge in [0.1, 0.15) is 0 Å². The van der Waals surface area contributed by atoms with E-state index in [1.807, 2.05) is 0 Å². The lowest BCUT2D eigenvalue weighted by atomic mass is 10.2. The van der Waals surface area contributed by atoms with E-state index in [9.17, 15) is 8.78 Å². The number of hydrogen-bond donors (Lipinski definition) is 2. The van der Waals surface area contributed by atoms with E-state index in [-0.39, 0.29) is 6.42 Å². The van der Waals surface area contributed by atoms with E-state index >= 15 is 0 Å². The van der Waals surface area contributed by atoms with Crippen molar-refractivity contribution in [3.8, 4) is 0 Å². The standard InChI is InChI=1S/C6H14F2N2/c7-6(8,10)4-2-1-3-5-9/h1-5,9-10H2. The Morgan fingerprint density at radius 1 is 1.10 bits per heavy atom. The van der Waals surface area contributed by atoms with Crippen LogP contribution in [0.25, 0.3) is 0 Å². The molecule has 0 aromatic rings. The molecule has 0 unspecified atom stereocenters. The molecular weight excluding hydrogens is 138 g/mol. The van der Waals surface area contributed by atoms with Gasteiger partial charge < -0.3 is 5.73 Å². The monoisotopic (exact) mass is 152 g/mol. The molecule has 0 saturated carbocycles. The highest BCUT2D eigenvalue weighted by Crippen LogP contribution is 2.14. The fraction of sp³-hybridized carbons (Fsp3) is 1.00. The quantitative estimate of drug-likeness (QED) is 0.457. The SMILES string of the molecule is NCCCCCC(N)(F)F. The average molecular weight is 152 g/mol. The van der Waals surface area contributed by atoms with Crippen LogP contribution in [0.5, 0.6) is 0 Å². The molecule has 0 atom stereocenters. The Morgan fingerprint density at radius 2 is 1.70 bits per heavy atom. The minimum Gasteiger partial charge on any atom is -0.330 e. The second-order valence-corrected chi connectivity index (χ2v) is 2.36. The van der Waals surface area contributed by atoms with Gasteiger partial charge in [0, 0.05) is 6.42 Å². The van der Waals surface area contributed by atoms with Crippen molar-refractivity contribution in [3.63, 3.8) is 0 Å². The zero-order valence-electron chi connectivity index (χ0n) is 5.95. The van der Waals surface area contributed by atoms with Gasteiger partial charge in [0.2, 0.25) is 0 Å². The van der Waals surface area contributed by atoms with Crippen molar-refractivity contribution in [3.05, 3.63) is 0 Å². The first-order valence-corrected chi connectivity index (χ1v) is 3.43. The topological polar surface area (TPSA) is 52.0 Å². The van der Waals surface area contributed by atoms with Crippen molar-refractivity contribution >= 4 is 0 Å². The van der Waals surface area contributed by atoms with Gasteiger partial charge in [-0.3, -0.25) is 5.73 Å². The number of hydrogen-bond acceptors (Lipinski definition) is 2. The number of nitrogens with two attached hydrogens (primary N) is 2. The maximum Gasteiger partial charge on any atom is 0.300 e. The van der Waals surface area contributed by atoms with Gasteiger partial charge in [0.05, 0.1) is 0 Å². The van der Waals surface area contributed by atoms with E-state index in [2.05, 4.69) is 5.73 Å². The molecule has 0 heterocycles. The molecular formula is C6H14F2N2. The highest BCUT2D eigenvalue weighted by atomic mass is 19.3. The summed E-state index contributed by atoms with van der Waals surface area (Å²) in [4.78, 5) is 0. The maximum atomic E-state index is 11.9. The number of alkyl halides is 2. The molecule has 62 valence electrons. The summed E-state index contributed by atoms with van der Waals surface area (Å²) in [6.07, 6.45) is 1.77. The Morgan fingerprint density at radius 3 is 2.10 bits per heavy atom. The van der Waals surface area contributed by atoms with Crippen LogP contribution in [0.2, 0.25) is 0 Å². The lowest BCUT2D eigenvalue weighted by Gasteiger charge is -2.08. The Hall–Kier alpha value is -0.220. The van der Waals surface area contributed by atoms with Crippen LogP contribution in [0.3, 0.4) is 0 Å². The molecule has 10 heavy (non-hydrogen) atoms. The van der Waals surface area contributed by atoms with Crippen LogP contribution in [0.1, 0.15) is 25.7 Å². The van der Waals surface area contributed by atoms with E-state index in [1.54, 1.807) is 0 Å². The number of unbranched alkanes of at least 4 members (excludes halogenated alkanes) is 2. The van der Waals surface area contributed by atoms with E-state index in [1.165, 1.54) is 0 Å². The van der Waals surface area contributed by atoms with Crippen LogP contribution in [-0.4, -0.2) is 12.6 Å². The molecule has 4 N–H and O–H groups in total. The highest BCUT2D eigenvalue weighted by Gasteiger charge is 2.19. The number of rotatable bonds is 5. The van der Waals surface area contributed by atoms with Crippen LogP contribution >= 0.6 is 0 Å².